The van der Waals surface area contributed by atoms with Gasteiger partial charge in [-0.1, -0.05) is 12.1 Å². The number of hydrogen-bond donors (Lipinski definition) is 2. The Balaban J connectivity index is 2.59. The van der Waals surface area contributed by atoms with Crippen LogP contribution in [0, 0.1) is 13.8 Å². The lowest BCUT2D eigenvalue weighted by Crippen LogP contribution is -2.19. The zero-order chi connectivity index (χ0) is 19.7. The maximum Gasteiger partial charge on any atom is 0.339 e. The molecule has 140 valence electrons. The molecule has 0 amide bonds. The second-order valence-electron chi connectivity index (χ2n) is 5.55. The standard InChI is InChI=1S/C16H18N2O6S2/c1-10-8-12(25(17,20)21)9-14(11(10)2)18-26(22,23)15-7-5-4-6-13(15)16(19)24-3/h4-9,18H,1-3H3,(H2,17,20,21). The summed E-state index contributed by atoms with van der Waals surface area (Å²) in [6.07, 6.45) is 0. The number of carbonyl (C=O) groups excluding carboxylic acids is 1. The molecule has 8 nitrogen and oxygen atoms in total. The highest BCUT2D eigenvalue weighted by Gasteiger charge is 2.24. The van der Waals surface area contributed by atoms with Crippen LogP contribution in [0.15, 0.2) is 46.2 Å². The van der Waals surface area contributed by atoms with Crippen molar-refractivity contribution in [2.45, 2.75) is 23.6 Å². The molecule has 0 bridgehead atoms. The summed E-state index contributed by atoms with van der Waals surface area (Å²) < 4.78 is 55.7. The van der Waals surface area contributed by atoms with E-state index >= 15 is 0 Å². The lowest BCUT2D eigenvalue weighted by Gasteiger charge is -2.15. The first-order valence-corrected chi connectivity index (χ1v) is 10.3. The molecule has 0 saturated heterocycles. The van der Waals surface area contributed by atoms with E-state index < -0.39 is 26.0 Å². The van der Waals surface area contributed by atoms with E-state index in [1.807, 2.05) is 0 Å². The minimum Gasteiger partial charge on any atom is -0.465 e. The largest absolute Gasteiger partial charge is 0.465 e. The molecule has 0 radical (unpaired) electrons. The summed E-state index contributed by atoms with van der Waals surface area (Å²) in [7, 11) is -7.07. The summed E-state index contributed by atoms with van der Waals surface area (Å²) in [6.45, 7) is 3.26. The molecule has 0 aromatic heterocycles. The minimum absolute atomic E-state index is 0.0497. The molecule has 0 aliphatic rings. The van der Waals surface area contributed by atoms with Crippen LogP contribution in [0.1, 0.15) is 21.5 Å². The van der Waals surface area contributed by atoms with E-state index in [1.165, 1.54) is 30.3 Å². The minimum atomic E-state index is -4.19. The van der Waals surface area contributed by atoms with Crippen LogP contribution in [-0.4, -0.2) is 29.9 Å². The van der Waals surface area contributed by atoms with E-state index in [2.05, 4.69) is 9.46 Å². The topological polar surface area (TPSA) is 133 Å². The van der Waals surface area contributed by atoms with E-state index in [0.29, 0.717) is 11.1 Å². The van der Waals surface area contributed by atoms with Crippen LogP contribution < -0.4 is 9.86 Å². The van der Waals surface area contributed by atoms with Gasteiger partial charge in [0, 0.05) is 0 Å². The molecule has 0 atom stereocenters. The maximum atomic E-state index is 12.8. The number of carbonyl (C=O) groups is 1. The van der Waals surface area contributed by atoms with Gasteiger partial charge in [0.25, 0.3) is 10.0 Å². The molecule has 0 saturated carbocycles. The number of nitrogens with two attached hydrogens (primary N) is 1. The fourth-order valence-electron chi connectivity index (χ4n) is 2.28. The Morgan fingerprint density at radius 1 is 1.08 bits per heavy atom. The molecule has 0 heterocycles. The Kier molecular flexibility index (Phi) is 5.40. The molecule has 0 aliphatic heterocycles. The van der Waals surface area contributed by atoms with Gasteiger partial charge in [0.05, 0.1) is 23.3 Å². The Bertz CT molecular complexity index is 1080. The monoisotopic (exact) mass is 398 g/mol. The number of sulfonamides is 2. The maximum absolute atomic E-state index is 12.8. The summed E-state index contributed by atoms with van der Waals surface area (Å²) >= 11 is 0. The van der Waals surface area contributed by atoms with E-state index in [4.69, 9.17) is 5.14 Å². The average Bonchev–Trinajstić information content (AvgIpc) is 2.57. The molecule has 2 rings (SSSR count). The van der Waals surface area contributed by atoms with Gasteiger partial charge in [0.2, 0.25) is 10.0 Å². The fraction of sp³-hybridized carbons (Fsp3) is 0.188. The average molecular weight is 398 g/mol. The first kappa shape index (κ1) is 19.9. The van der Waals surface area contributed by atoms with Gasteiger partial charge < -0.3 is 4.74 Å². The zero-order valence-electron chi connectivity index (χ0n) is 14.3. The molecule has 0 spiro atoms. The highest BCUT2D eigenvalue weighted by molar-refractivity contribution is 7.92. The number of hydrogen-bond acceptors (Lipinski definition) is 6. The number of primary sulfonamides is 1. The van der Waals surface area contributed by atoms with Gasteiger partial charge in [-0.2, -0.15) is 0 Å². The van der Waals surface area contributed by atoms with Crippen molar-refractivity contribution < 1.29 is 26.4 Å². The molecule has 0 fully saturated rings. The van der Waals surface area contributed by atoms with Crippen molar-refractivity contribution in [1.82, 2.24) is 0 Å². The Morgan fingerprint density at radius 3 is 2.27 bits per heavy atom. The lowest BCUT2D eigenvalue weighted by atomic mass is 10.1. The summed E-state index contributed by atoms with van der Waals surface area (Å²) in [5, 5.41) is 5.14. The molecular formula is C16H18N2O6S2. The number of nitrogens with one attached hydrogen (secondary N) is 1. The van der Waals surface area contributed by atoms with E-state index in [9.17, 15) is 21.6 Å². The third-order valence-corrected chi connectivity index (χ3v) is 6.11. The zero-order valence-corrected chi connectivity index (χ0v) is 15.9. The SMILES string of the molecule is COC(=O)c1ccccc1S(=O)(=O)Nc1cc(S(N)(=O)=O)cc(C)c1C. The van der Waals surface area contributed by atoms with Gasteiger partial charge in [0.1, 0.15) is 4.90 Å². The number of rotatable bonds is 5. The molecule has 2 aromatic carbocycles. The second kappa shape index (κ2) is 7.06. The quantitative estimate of drug-likeness (QED) is 0.734. The summed E-state index contributed by atoms with van der Waals surface area (Å²) in [4.78, 5) is 11.3. The number of methoxy groups -OCH3 is 1. The highest BCUT2D eigenvalue weighted by atomic mass is 32.2. The van der Waals surface area contributed by atoms with Crippen LogP contribution >= 0.6 is 0 Å². The summed E-state index contributed by atoms with van der Waals surface area (Å²) in [5.41, 5.74) is 0.972. The van der Waals surface area contributed by atoms with Crippen LogP contribution in [-0.2, 0) is 24.8 Å². The van der Waals surface area contributed by atoms with Crippen molar-refractivity contribution in [2.24, 2.45) is 5.14 Å². The number of ether oxygens (including phenoxy) is 1. The van der Waals surface area contributed by atoms with Gasteiger partial charge in [0.15, 0.2) is 0 Å². The van der Waals surface area contributed by atoms with Crippen LogP contribution in [0.5, 0.6) is 0 Å². The Labute approximate surface area is 152 Å². The number of anilines is 1. The summed E-state index contributed by atoms with van der Waals surface area (Å²) in [5.74, 6) is -0.808. The van der Waals surface area contributed by atoms with Crippen molar-refractivity contribution >= 4 is 31.7 Å². The van der Waals surface area contributed by atoms with E-state index in [1.54, 1.807) is 13.8 Å². The predicted molar refractivity (Wildman–Crippen MR) is 95.9 cm³/mol. The van der Waals surface area contributed by atoms with Crippen molar-refractivity contribution in [3.8, 4) is 0 Å². The van der Waals surface area contributed by atoms with Crippen molar-refractivity contribution in [3.05, 3.63) is 53.1 Å². The second-order valence-corrected chi connectivity index (χ2v) is 8.76. The molecule has 0 unspecified atom stereocenters. The van der Waals surface area contributed by atoms with Crippen molar-refractivity contribution in [3.63, 3.8) is 0 Å². The smallest absolute Gasteiger partial charge is 0.339 e. The third-order valence-electron chi connectivity index (χ3n) is 3.80. The van der Waals surface area contributed by atoms with Crippen LogP contribution in [0.4, 0.5) is 5.69 Å². The first-order chi connectivity index (χ1) is 12.0. The Morgan fingerprint density at radius 2 is 1.69 bits per heavy atom. The molecule has 3 N–H and O–H groups in total. The normalized spacial score (nSPS) is 11.8. The fourth-order valence-corrected chi connectivity index (χ4v) is 4.21. The van der Waals surface area contributed by atoms with Crippen LogP contribution in [0.2, 0.25) is 0 Å². The molecule has 2 aromatic rings. The van der Waals surface area contributed by atoms with Crippen molar-refractivity contribution in [1.29, 1.82) is 0 Å². The molecule has 10 heteroatoms. The first-order valence-electron chi connectivity index (χ1n) is 7.31. The number of benzene rings is 2. The van der Waals surface area contributed by atoms with Gasteiger partial charge in [-0.15, -0.1) is 0 Å². The van der Waals surface area contributed by atoms with Crippen molar-refractivity contribution in [2.75, 3.05) is 11.8 Å². The van der Waals surface area contributed by atoms with Gasteiger partial charge in [-0.25, -0.2) is 26.8 Å². The number of aryl methyl sites for hydroxylation is 1. The van der Waals surface area contributed by atoms with Gasteiger partial charge >= 0.3 is 5.97 Å². The number of esters is 1. The van der Waals surface area contributed by atoms with Gasteiger partial charge in [-0.05, 0) is 49.2 Å². The van der Waals surface area contributed by atoms with Crippen LogP contribution in [0.25, 0.3) is 0 Å². The lowest BCUT2D eigenvalue weighted by molar-refractivity contribution is 0.0596. The molecule has 26 heavy (non-hydrogen) atoms. The highest BCUT2D eigenvalue weighted by Crippen LogP contribution is 2.27. The third kappa shape index (κ3) is 4.03. The predicted octanol–water partition coefficient (Wildman–Crippen LogP) is 1.54. The Hall–Kier alpha value is -2.43. The molecule has 0 aliphatic carbocycles. The van der Waals surface area contributed by atoms with Crippen LogP contribution in [0.3, 0.4) is 0 Å². The van der Waals surface area contributed by atoms with E-state index in [0.717, 1.165) is 13.2 Å². The summed E-state index contributed by atoms with van der Waals surface area (Å²) in [6, 6.07) is 8.02. The van der Waals surface area contributed by atoms with E-state index in [-0.39, 0.29) is 21.0 Å². The molecular weight excluding hydrogens is 380 g/mol. The van der Waals surface area contributed by atoms with Gasteiger partial charge in [-0.3, -0.25) is 4.72 Å².